The first-order valence-corrected chi connectivity index (χ1v) is 8.08. The number of thiophene rings is 1. The summed E-state index contributed by atoms with van der Waals surface area (Å²) in [5, 5.41) is 0. The van der Waals surface area contributed by atoms with Crippen molar-refractivity contribution in [3.63, 3.8) is 0 Å². The van der Waals surface area contributed by atoms with Gasteiger partial charge in [-0.15, -0.1) is 11.3 Å². The van der Waals surface area contributed by atoms with Gasteiger partial charge in [-0.1, -0.05) is 13.8 Å². The highest BCUT2D eigenvalue weighted by atomic mass is 32.1. The van der Waals surface area contributed by atoms with Gasteiger partial charge in [0.15, 0.2) is 5.78 Å². The first-order chi connectivity index (χ1) is 10.1. The van der Waals surface area contributed by atoms with Gasteiger partial charge in [0.25, 0.3) is 0 Å². The third-order valence-electron chi connectivity index (χ3n) is 3.51. The molecule has 5 nitrogen and oxygen atoms in total. The molecule has 0 aromatic carbocycles. The van der Waals surface area contributed by atoms with Crippen molar-refractivity contribution in [1.82, 2.24) is 9.80 Å². The standard InChI is InChI=1S/C15H20N2O3S/c1-3-7-16-8-9-17(15(20)14(16)19)10-12(18)13-6-5-11(4-2)21-13/h5-6H,3-4,7-10H2,1-2H3. The fraction of sp³-hybridized carbons (Fsp3) is 0.533. The molecule has 2 heterocycles. The fourth-order valence-corrected chi connectivity index (χ4v) is 3.20. The minimum atomic E-state index is -0.560. The molecule has 0 radical (unpaired) electrons. The van der Waals surface area contributed by atoms with Crippen LogP contribution in [0.25, 0.3) is 0 Å². The van der Waals surface area contributed by atoms with Crippen molar-refractivity contribution in [2.24, 2.45) is 0 Å². The quantitative estimate of drug-likeness (QED) is 0.592. The van der Waals surface area contributed by atoms with Crippen molar-refractivity contribution in [2.75, 3.05) is 26.2 Å². The molecule has 6 heteroatoms. The molecule has 0 N–H and O–H groups in total. The van der Waals surface area contributed by atoms with E-state index in [0.717, 1.165) is 17.7 Å². The van der Waals surface area contributed by atoms with Crippen molar-refractivity contribution in [3.05, 3.63) is 21.9 Å². The van der Waals surface area contributed by atoms with Crippen LogP contribution in [0.2, 0.25) is 0 Å². The van der Waals surface area contributed by atoms with Gasteiger partial charge in [0.05, 0.1) is 11.4 Å². The molecule has 21 heavy (non-hydrogen) atoms. The van der Waals surface area contributed by atoms with Crippen molar-refractivity contribution in [3.8, 4) is 0 Å². The second-order valence-electron chi connectivity index (χ2n) is 5.06. The van der Waals surface area contributed by atoms with Crippen molar-refractivity contribution < 1.29 is 14.4 Å². The van der Waals surface area contributed by atoms with Crippen LogP contribution in [0, 0.1) is 0 Å². The molecule has 0 spiro atoms. The Bertz CT molecular complexity index is 553. The number of carbonyl (C=O) groups is 3. The van der Waals surface area contributed by atoms with Crippen molar-refractivity contribution in [2.45, 2.75) is 26.7 Å². The van der Waals surface area contributed by atoms with E-state index in [4.69, 9.17) is 0 Å². The summed E-state index contributed by atoms with van der Waals surface area (Å²) < 4.78 is 0. The Morgan fingerprint density at radius 1 is 1.14 bits per heavy atom. The van der Waals surface area contributed by atoms with Gasteiger partial charge in [0.1, 0.15) is 0 Å². The zero-order valence-corrected chi connectivity index (χ0v) is 13.2. The molecule has 0 atom stereocenters. The zero-order chi connectivity index (χ0) is 15.4. The molecule has 0 saturated carbocycles. The van der Waals surface area contributed by atoms with Crippen LogP contribution in [-0.2, 0) is 16.0 Å². The molecule has 0 aliphatic carbocycles. The monoisotopic (exact) mass is 308 g/mol. The molecule has 1 aromatic rings. The summed E-state index contributed by atoms with van der Waals surface area (Å²) in [5.41, 5.74) is 0. The predicted octanol–water partition coefficient (Wildman–Crippen LogP) is 1.57. The predicted molar refractivity (Wildman–Crippen MR) is 81.5 cm³/mol. The molecule has 1 aliphatic heterocycles. The molecular weight excluding hydrogens is 288 g/mol. The minimum absolute atomic E-state index is 0.00575. The maximum absolute atomic E-state index is 12.2. The topological polar surface area (TPSA) is 57.7 Å². The zero-order valence-electron chi connectivity index (χ0n) is 12.4. The largest absolute Gasteiger partial charge is 0.333 e. The Kier molecular flexibility index (Phi) is 5.12. The van der Waals surface area contributed by atoms with Crippen LogP contribution in [-0.4, -0.2) is 53.6 Å². The number of carbonyl (C=O) groups excluding carboxylic acids is 3. The average Bonchev–Trinajstić information content (AvgIpc) is 2.96. The summed E-state index contributed by atoms with van der Waals surface area (Å²) in [5.74, 6) is -1.14. The van der Waals surface area contributed by atoms with E-state index < -0.39 is 11.8 Å². The molecular formula is C15H20N2O3S. The number of rotatable bonds is 6. The Morgan fingerprint density at radius 3 is 2.43 bits per heavy atom. The van der Waals surface area contributed by atoms with Gasteiger partial charge in [-0.25, -0.2) is 0 Å². The molecule has 2 rings (SSSR count). The van der Waals surface area contributed by atoms with E-state index in [9.17, 15) is 14.4 Å². The van der Waals surface area contributed by atoms with E-state index in [2.05, 4.69) is 0 Å². The highest BCUT2D eigenvalue weighted by Gasteiger charge is 2.33. The number of hydrogen-bond donors (Lipinski definition) is 0. The number of aryl methyl sites for hydroxylation is 1. The van der Waals surface area contributed by atoms with Crippen molar-refractivity contribution in [1.29, 1.82) is 0 Å². The Hall–Kier alpha value is -1.69. The first kappa shape index (κ1) is 15.7. The fourth-order valence-electron chi connectivity index (χ4n) is 2.32. The summed E-state index contributed by atoms with van der Waals surface area (Å²) in [4.78, 5) is 40.9. The number of amides is 2. The molecule has 1 saturated heterocycles. The van der Waals surface area contributed by atoms with E-state index in [-0.39, 0.29) is 12.3 Å². The normalized spacial score (nSPS) is 15.7. The molecule has 1 aromatic heterocycles. The second kappa shape index (κ2) is 6.85. The number of hydrogen-bond acceptors (Lipinski definition) is 4. The number of ketones is 1. The van der Waals surface area contributed by atoms with Crippen LogP contribution in [0.1, 0.15) is 34.8 Å². The summed E-state index contributed by atoms with van der Waals surface area (Å²) in [6, 6.07) is 3.73. The van der Waals surface area contributed by atoms with Gasteiger partial charge < -0.3 is 9.80 Å². The first-order valence-electron chi connectivity index (χ1n) is 7.26. The summed E-state index contributed by atoms with van der Waals surface area (Å²) >= 11 is 1.46. The lowest BCUT2D eigenvalue weighted by Gasteiger charge is -2.33. The molecule has 0 unspecified atom stereocenters. The molecule has 1 fully saturated rings. The van der Waals surface area contributed by atoms with Crippen LogP contribution >= 0.6 is 11.3 Å². The van der Waals surface area contributed by atoms with Gasteiger partial charge in [-0.05, 0) is 25.0 Å². The van der Waals surface area contributed by atoms with E-state index in [1.54, 1.807) is 11.0 Å². The lowest BCUT2D eigenvalue weighted by atomic mass is 10.2. The summed E-state index contributed by atoms with van der Waals surface area (Å²) in [6.07, 6.45) is 1.72. The van der Waals surface area contributed by atoms with Crippen LogP contribution in [0.4, 0.5) is 0 Å². The SMILES string of the molecule is CCCN1CCN(CC(=O)c2ccc(CC)s2)C(=O)C1=O. The average molecular weight is 308 g/mol. The molecule has 1 aliphatic rings. The second-order valence-corrected chi connectivity index (χ2v) is 6.23. The van der Waals surface area contributed by atoms with Crippen LogP contribution in [0.15, 0.2) is 12.1 Å². The van der Waals surface area contributed by atoms with E-state index in [1.807, 2.05) is 19.9 Å². The third kappa shape index (κ3) is 3.50. The highest BCUT2D eigenvalue weighted by Crippen LogP contribution is 2.18. The Labute approximate surface area is 128 Å². The minimum Gasteiger partial charge on any atom is -0.333 e. The van der Waals surface area contributed by atoms with Gasteiger partial charge in [0.2, 0.25) is 0 Å². The number of nitrogens with zero attached hydrogens (tertiary/aromatic N) is 2. The third-order valence-corrected chi connectivity index (χ3v) is 4.78. The molecule has 2 amide bonds. The van der Waals surface area contributed by atoms with E-state index in [0.29, 0.717) is 24.5 Å². The lowest BCUT2D eigenvalue weighted by Crippen LogP contribution is -2.55. The number of piperazine rings is 1. The van der Waals surface area contributed by atoms with Gasteiger partial charge in [-0.3, -0.25) is 14.4 Å². The smallest absolute Gasteiger partial charge is 0.312 e. The Balaban J connectivity index is 1.98. The molecule has 114 valence electrons. The van der Waals surface area contributed by atoms with Crippen LogP contribution < -0.4 is 0 Å². The molecule has 0 bridgehead atoms. The van der Waals surface area contributed by atoms with Crippen molar-refractivity contribution >= 4 is 28.9 Å². The van der Waals surface area contributed by atoms with Gasteiger partial charge in [-0.2, -0.15) is 0 Å². The number of Topliss-reactive ketones (excluding diaryl/α,β-unsaturated/α-hetero) is 1. The highest BCUT2D eigenvalue weighted by molar-refractivity contribution is 7.14. The van der Waals surface area contributed by atoms with Gasteiger partial charge in [0, 0.05) is 24.5 Å². The van der Waals surface area contributed by atoms with Gasteiger partial charge >= 0.3 is 11.8 Å². The summed E-state index contributed by atoms with van der Waals surface area (Å²) in [6.45, 7) is 5.54. The maximum atomic E-state index is 12.2. The maximum Gasteiger partial charge on any atom is 0.312 e. The lowest BCUT2D eigenvalue weighted by molar-refractivity contribution is -0.155. The van der Waals surface area contributed by atoms with Crippen LogP contribution in [0.5, 0.6) is 0 Å². The summed E-state index contributed by atoms with van der Waals surface area (Å²) in [7, 11) is 0. The van der Waals surface area contributed by atoms with E-state index >= 15 is 0 Å². The Morgan fingerprint density at radius 2 is 1.81 bits per heavy atom. The van der Waals surface area contributed by atoms with E-state index in [1.165, 1.54) is 16.2 Å². The van der Waals surface area contributed by atoms with Crippen LogP contribution in [0.3, 0.4) is 0 Å².